The third-order valence-corrected chi connectivity index (χ3v) is 2.92. The summed E-state index contributed by atoms with van der Waals surface area (Å²) < 4.78 is 6.75. The first-order chi connectivity index (χ1) is 8.54. The van der Waals surface area contributed by atoms with Crippen LogP contribution in [0, 0.1) is 0 Å². The number of pyridine rings is 1. The maximum atomic E-state index is 11.1. The van der Waals surface area contributed by atoms with Crippen LogP contribution in [0.15, 0.2) is 24.5 Å². The number of hydrogen-bond acceptors (Lipinski definition) is 5. The van der Waals surface area contributed by atoms with Gasteiger partial charge in [0.1, 0.15) is 17.8 Å². The lowest BCUT2D eigenvalue weighted by molar-refractivity contribution is -0.765. The largest absolute Gasteiger partial charge is 1.00 e. The Bertz CT molecular complexity index is 458. The molecule has 0 aromatic carbocycles. The molecule has 1 aromatic heterocycles. The zero-order valence-electron chi connectivity index (χ0n) is 9.89. The van der Waals surface area contributed by atoms with E-state index in [4.69, 9.17) is 15.6 Å². The minimum Gasteiger partial charge on any atom is -1.00 e. The Labute approximate surface area is 115 Å². The van der Waals surface area contributed by atoms with Crippen molar-refractivity contribution in [1.82, 2.24) is 0 Å². The van der Waals surface area contributed by atoms with Gasteiger partial charge < -0.3 is 38.2 Å². The SMILES string of the molecule is NC(=O)c1ccc[n+]([C@@H]2O[C@H](CO)[C@H](O)C2O)c1.[Cl-]. The first-order valence-corrected chi connectivity index (χ1v) is 5.47. The molecule has 1 saturated heterocycles. The highest BCUT2D eigenvalue weighted by atomic mass is 35.5. The fraction of sp³-hybridized carbons (Fsp3) is 0.455. The fourth-order valence-electron chi connectivity index (χ4n) is 1.92. The van der Waals surface area contributed by atoms with E-state index in [0.717, 1.165) is 0 Å². The van der Waals surface area contributed by atoms with E-state index >= 15 is 0 Å². The highest BCUT2D eigenvalue weighted by Crippen LogP contribution is 2.24. The molecule has 1 aliphatic heterocycles. The number of nitrogens with two attached hydrogens (primary N) is 1. The lowest BCUT2D eigenvalue weighted by Crippen LogP contribution is -3.00. The summed E-state index contributed by atoms with van der Waals surface area (Å²) in [6.07, 6.45) is -1.08. The number of carbonyl (C=O) groups excluding carboxylic acids is 1. The Balaban J connectivity index is 0.00000180. The molecular formula is C11H15ClN2O5. The highest BCUT2D eigenvalue weighted by molar-refractivity contribution is 5.92. The number of rotatable bonds is 3. The van der Waals surface area contributed by atoms with E-state index in [1.165, 1.54) is 16.8 Å². The van der Waals surface area contributed by atoms with E-state index in [0.29, 0.717) is 0 Å². The molecule has 1 fully saturated rings. The summed E-state index contributed by atoms with van der Waals surface area (Å²) in [5, 5.41) is 28.4. The van der Waals surface area contributed by atoms with Gasteiger partial charge in [-0.15, -0.1) is 0 Å². The Morgan fingerprint density at radius 3 is 2.63 bits per heavy atom. The zero-order chi connectivity index (χ0) is 13.3. The second kappa shape index (κ2) is 6.27. The molecule has 1 aromatic rings. The van der Waals surface area contributed by atoms with Crippen LogP contribution in [0.1, 0.15) is 16.6 Å². The highest BCUT2D eigenvalue weighted by Gasteiger charge is 2.47. The maximum Gasteiger partial charge on any atom is 0.292 e. The quantitative estimate of drug-likeness (QED) is 0.415. The third-order valence-electron chi connectivity index (χ3n) is 2.92. The molecule has 2 rings (SSSR count). The van der Waals surface area contributed by atoms with Crippen molar-refractivity contribution in [3.05, 3.63) is 30.1 Å². The van der Waals surface area contributed by atoms with Crippen molar-refractivity contribution in [1.29, 1.82) is 0 Å². The molecule has 106 valence electrons. The van der Waals surface area contributed by atoms with Gasteiger partial charge in [-0.3, -0.25) is 4.79 Å². The Morgan fingerprint density at radius 2 is 2.11 bits per heavy atom. The summed E-state index contributed by atoms with van der Waals surface area (Å²) in [6, 6.07) is 3.11. The van der Waals surface area contributed by atoms with Gasteiger partial charge in [0.05, 0.1) is 6.61 Å². The predicted molar refractivity (Wildman–Crippen MR) is 58.2 cm³/mol. The topological polar surface area (TPSA) is 117 Å². The lowest BCUT2D eigenvalue weighted by atomic mass is 10.1. The summed E-state index contributed by atoms with van der Waals surface area (Å²) in [4.78, 5) is 11.1. The molecule has 1 unspecified atom stereocenters. The molecular weight excluding hydrogens is 276 g/mol. The number of ether oxygens (including phenoxy) is 1. The molecule has 0 aliphatic carbocycles. The Kier molecular flexibility index (Phi) is 5.21. The number of carbonyl (C=O) groups is 1. The van der Waals surface area contributed by atoms with Crippen molar-refractivity contribution in [2.24, 2.45) is 5.73 Å². The van der Waals surface area contributed by atoms with Gasteiger partial charge >= 0.3 is 0 Å². The predicted octanol–water partition coefficient (Wildman–Crippen LogP) is -5.31. The van der Waals surface area contributed by atoms with Crippen LogP contribution in [0.4, 0.5) is 0 Å². The standard InChI is InChI=1S/C11H14N2O5.ClH/c12-10(17)6-2-1-3-13(4-6)11-9(16)8(15)7(5-14)18-11;/h1-4,7-9,11,14-16H,5H2,(H-,12,17);1H/t7-,8+,9?,11-;/m1./s1. The first kappa shape index (κ1) is 15.8. The number of halogens is 1. The minimum atomic E-state index is -1.18. The minimum absolute atomic E-state index is 0. The van der Waals surface area contributed by atoms with Crippen molar-refractivity contribution in [2.75, 3.05) is 6.61 Å². The van der Waals surface area contributed by atoms with Crippen molar-refractivity contribution in [2.45, 2.75) is 24.5 Å². The Morgan fingerprint density at radius 1 is 1.42 bits per heavy atom. The molecule has 0 spiro atoms. The molecule has 7 nitrogen and oxygen atoms in total. The van der Waals surface area contributed by atoms with Crippen LogP contribution in [0.5, 0.6) is 0 Å². The van der Waals surface area contributed by atoms with Crippen LogP contribution >= 0.6 is 0 Å². The van der Waals surface area contributed by atoms with Crippen molar-refractivity contribution in [3.8, 4) is 0 Å². The summed E-state index contributed by atoms with van der Waals surface area (Å²) >= 11 is 0. The van der Waals surface area contributed by atoms with Crippen molar-refractivity contribution in [3.63, 3.8) is 0 Å². The molecule has 5 N–H and O–H groups in total. The number of amides is 1. The normalized spacial score (nSPS) is 29.8. The van der Waals surface area contributed by atoms with Gasteiger partial charge in [0.25, 0.3) is 12.1 Å². The van der Waals surface area contributed by atoms with E-state index < -0.39 is 37.1 Å². The van der Waals surface area contributed by atoms with Gasteiger partial charge in [-0.1, -0.05) is 0 Å². The van der Waals surface area contributed by atoms with Crippen molar-refractivity contribution >= 4 is 5.91 Å². The van der Waals surface area contributed by atoms with Gasteiger partial charge in [-0.2, -0.15) is 4.57 Å². The fourth-order valence-corrected chi connectivity index (χ4v) is 1.92. The van der Waals surface area contributed by atoms with E-state index in [-0.39, 0.29) is 18.0 Å². The summed E-state index contributed by atoms with van der Waals surface area (Å²) in [5.74, 6) is -0.601. The average Bonchev–Trinajstić information content (AvgIpc) is 2.66. The van der Waals surface area contributed by atoms with Crippen LogP contribution in [0.3, 0.4) is 0 Å². The molecule has 1 aliphatic rings. The molecule has 19 heavy (non-hydrogen) atoms. The molecule has 2 heterocycles. The van der Waals surface area contributed by atoms with Crippen LogP contribution in [-0.4, -0.2) is 46.1 Å². The van der Waals surface area contributed by atoms with Gasteiger partial charge in [-0.25, -0.2) is 0 Å². The number of aromatic nitrogens is 1. The monoisotopic (exact) mass is 290 g/mol. The summed E-state index contributed by atoms with van der Waals surface area (Å²) in [7, 11) is 0. The molecule has 8 heteroatoms. The zero-order valence-corrected chi connectivity index (χ0v) is 10.6. The Hall–Kier alpha value is -1.25. The smallest absolute Gasteiger partial charge is 0.292 e. The first-order valence-electron chi connectivity index (χ1n) is 5.47. The van der Waals surface area contributed by atoms with Gasteiger partial charge in [0, 0.05) is 6.07 Å². The number of nitrogens with zero attached hydrogens (tertiary/aromatic N) is 1. The van der Waals surface area contributed by atoms with Crippen LogP contribution < -0.4 is 22.7 Å². The maximum absolute atomic E-state index is 11.1. The van der Waals surface area contributed by atoms with Gasteiger partial charge in [-0.05, 0) is 6.07 Å². The van der Waals surface area contributed by atoms with E-state index in [9.17, 15) is 15.0 Å². The molecule has 0 saturated carbocycles. The van der Waals surface area contributed by atoms with Gasteiger partial charge in [0.15, 0.2) is 18.5 Å². The van der Waals surface area contributed by atoms with Crippen LogP contribution in [-0.2, 0) is 4.74 Å². The second-order valence-corrected chi connectivity index (χ2v) is 4.13. The number of hydrogen-bond donors (Lipinski definition) is 4. The van der Waals surface area contributed by atoms with E-state index in [1.807, 2.05) is 0 Å². The second-order valence-electron chi connectivity index (χ2n) is 4.13. The molecule has 0 bridgehead atoms. The van der Waals surface area contributed by atoms with Gasteiger partial charge in [0.2, 0.25) is 0 Å². The van der Waals surface area contributed by atoms with Crippen LogP contribution in [0.2, 0.25) is 0 Å². The summed E-state index contributed by atoms with van der Waals surface area (Å²) in [5.41, 5.74) is 5.41. The molecule has 0 radical (unpaired) electrons. The lowest BCUT2D eigenvalue weighted by Gasteiger charge is -2.09. The van der Waals surface area contributed by atoms with E-state index in [2.05, 4.69) is 0 Å². The van der Waals surface area contributed by atoms with Crippen LogP contribution in [0.25, 0.3) is 0 Å². The van der Waals surface area contributed by atoms with Crippen molar-refractivity contribution < 1.29 is 41.8 Å². The molecule has 4 atom stereocenters. The number of aliphatic hydroxyl groups is 3. The number of aliphatic hydroxyl groups excluding tert-OH is 3. The molecule has 1 amide bonds. The summed E-state index contributed by atoms with van der Waals surface area (Å²) in [6.45, 7) is -0.398. The third kappa shape index (κ3) is 3.02. The number of primary amides is 1. The average molecular weight is 291 g/mol. The van der Waals surface area contributed by atoms with E-state index in [1.54, 1.807) is 12.3 Å².